The molecule has 34 heavy (non-hydrogen) atoms. The molecule has 0 spiro atoms. The fraction of sp³-hybridized carbons (Fsp3) is 0.586. The minimum Gasteiger partial charge on any atom is -0.406 e. The highest BCUT2D eigenvalue weighted by atomic mass is 28.3. The zero-order chi connectivity index (χ0) is 24.0. The zero-order valence-electron chi connectivity index (χ0n) is 20.5. The third-order valence-corrected chi connectivity index (χ3v) is 12.0. The first-order valence-electron chi connectivity index (χ1n) is 13.4. The molecule has 1 saturated heterocycles. The van der Waals surface area contributed by atoms with E-state index in [4.69, 9.17) is 0 Å². The van der Waals surface area contributed by atoms with Gasteiger partial charge in [-0.1, -0.05) is 93.6 Å². The molecule has 2 aliphatic rings. The Balaban J connectivity index is 1.21. The maximum absolute atomic E-state index is 12.4. The molecule has 0 amide bonds. The highest BCUT2D eigenvalue weighted by molar-refractivity contribution is 6.58. The van der Waals surface area contributed by atoms with E-state index in [0.717, 1.165) is 23.0 Å². The van der Waals surface area contributed by atoms with Gasteiger partial charge in [-0.2, -0.15) is 0 Å². The molecular weight excluding hydrogens is 449 g/mol. The first-order valence-corrected chi connectivity index (χ1v) is 15.8. The van der Waals surface area contributed by atoms with Crippen molar-refractivity contribution < 1.29 is 17.9 Å². The van der Waals surface area contributed by atoms with Crippen molar-refractivity contribution >= 4 is 8.80 Å². The number of benzene rings is 2. The number of ether oxygens (including phenoxy) is 1. The molecule has 1 heterocycles. The van der Waals surface area contributed by atoms with Gasteiger partial charge in [0, 0.05) is 8.80 Å². The summed E-state index contributed by atoms with van der Waals surface area (Å²) in [5, 5.41) is 0. The van der Waals surface area contributed by atoms with Gasteiger partial charge in [0.25, 0.3) is 0 Å². The fourth-order valence-electron chi connectivity index (χ4n) is 6.27. The van der Waals surface area contributed by atoms with Crippen molar-refractivity contribution in [3.05, 3.63) is 54.1 Å². The van der Waals surface area contributed by atoms with Crippen LogP contribution in [0.2, 0.25) is 18.1 Å². The SMILES string of the molecule is CCC[Si@H]1CC[C@H](CC[C@H]2CC[C@H](c3ccc(-c4ccc(OC(F)(F)F)cc4)cc3)CC2)CC1. The van der Waals surface area contributed by atoms with Crippen LogP contribution in [0, 0.1) is 11.8 Å². The smallest absolute Gasteiger partial charge is 0.406 e. The first kappa shape index (κ1) is 25.3. The molecule has 2 fully saturated rings. The molecule has 0 atom stereocenters. The zero-order valence-corrected chi connectivity index (χ0v) is 21.6. The van der Waals surface area contributed by atoms with Crippen LogP contribution in [0.1, 0.15) is 76.2 Å². The van der Waals surface area contributed by atoms with Crippen LogP contribution in [0.25, 0.3) is 11.1 Å². The highest BCUT2D eigenvalue weighted by Gasteiger charge is 2.31. The van der Waals surface area contributed by atoms with E-state index in [9.17, 15) is 13.2 Å². The number of alkyl halides is 3. The second kappa shape index (κ2) is 11.8. The average molecular weight is 489 g/mol. The summed E-state index contributed by atoms with van der Waals surface area (Å²) in [4.78, 5) is 0. The molecule has 0 bridgehead atoms. The second-order valence-corrected chi connectivity index (χ2v) is 14.1. The Morgan fingerprint density at radius 1 is 0.765 bits per heavy atom. The van der Waals surface area contributed by atoms with Crippen LogP contribution >= 0.6 is 0 Å². The molecule has 186 valence electrons. The van der Waals surface area contributed by atoms with Crippen LogP contribution in [0.3, 0.4) is 0 Å². The maximum atomic E-state index is 12.4. The summed E-state index contributed by atoms with van der Waals surface area (Å²) in [6.45, 7) is 2.35. The molecule has 4 rings (SSSR count). The van der Waals surface area contributed by atoms with Gasteiger partial charge in [-0.15, -0.1) is 13.2 Å². The molecule has 1 aliphatic carbocycles. The van der Waals surface area contributed by atoms with Gasteiger partial charge in [0.15, 0.2) is 0 Å². The Morgan fingerprint density at radius 3 is 1.82 bits per heavy atom. The monoisotopic (exact) mass is 488 g/mol. The summed E-state index contributed by atoms with van der Waals surface area (Å²) < 4.78 is 41.0. The topological polar surface area (TPSA) is 9.23 Å². The van der Waals surface area contributed by atoms with Gasteiger partial charge in [0.2, 0.25) is 0 Å². The Hall–Kier alpha value is -1.75. The lowest BCUT2D eigenvalue weighted by molar-refractivity contribution is -0.274. The lowest BCUT2D eigenvalue weighted by atomic mass is 9.76. The maximum Gasteiger partial charge on any atom is 0.573 e. The van der Waals surface area contributed by atoms with Crippen molar-refractivity contribution in [3.63, 3.8) is 0 Å². The van der Waals surface area contributed by atoms with E-state index < -0.39 is 6.36 Å². The molecule has 0 N–H and O–H groups in total. The third-order valence-electron chi connectivity index (χ3n) is 8.30. The highest BCUT2D eigenvalue weighted by Crippen LogP contribution is 2.40. The Labute approximate surface area is 204 Å². The number of rotatable bonds is 8. The summed E-state index contributed by atoms with van der Waals surface area (Å²) in [7, 11) is -0.348. The summed E-state index contributed by atoms with van der Waals surface area (Å²) >= 11 is 0. The molecule has 0 unspecified atom stereocenters. The number of hydrogen-bond acceptors (Lipinski definition) is 1. The van der Waals surface area contributed by atoms with Crippen LogP contribution in [-0.4, -0.2) is 15.2 Å². The first-order chi connectivity index (χ1) is 16.4. The molecular formula is C29H39F3OSi. The van der Waals surface area contributed by atoms with Gasteiger partial charge in [-0.3, -0.25) is 0 Å². The van der Waals surface area contributed by atoms with Gasteiger partial charge < -0.3 is 4.74 Å². The lowest BCUT2D eigenvalue weighted by Gasteiger charge is -2.32. The fourth-order valence-corrected chi connectivity index (χ4v) is 9.84. The minimum atomic E-state index is -4.66. The van der Waals surface area contributed by atoms with E-state index in [0.29, 0.717) is 5.92 Å². The van der Waals surface area contributed by atoms with Gasteiger partial charge in [-0.05, 0) is 72.3 Å². The molecule has 2 aromatic rings. The van der Waals surface area contributed by atoms with Crippen LogP contribution < -0.4 is 4.74 Å². The van der Waals surface area contributed by atoms with Crippen molar-refractivity contribution in [1.82, 2.24) is 0 Å². The standard InChI is InChI=1S/C29H39F3OSi/c1-2-19-34-20-17-23(18-21-34)4-3-22-5-7-24(8-6-22)25-9-11-26(12-10-25)27-13-15-28(16-14-27)33-29(30,31)32/h9-16,22-24,34H,2-8,17-21H2,1H3/t22-,23-,24-,34-. The average Bonchev–Trinajstić information content (AvgIpc) is 2.84. The predicted molar refractivity (Wildman–Crippen MR) is 137 cm³/mol. The summed E-state index contributed by atoms with van der Waals surface area (Å²) in [6, 6.07) is 19.5. The van der Waals surface area contributed by atoms with Crippen molar-refractivity contribution in [3.8, 4) is 16.9 Å². The van der Waals surface area contributed by atoms with Crippen molar-refractivity contribution in [2.45, 2.75) is 95.1 Å². The molecule has 1 aliphatic heterocycles. The molecule has 0 aromatic heterocycles. The van der Waals surface area contributed by atoms with Gasteiger partial charge in [0.05, 0.1) is 0 Å². The van der Waals surface area contributed by atoms with E-state index in [1.54, 1.807) is 30.3 Å². The van der Waals surface area contributed by atoms with Crippen molar-refractivity contribution in [1.29, 1.82) is 0 Å². The Kier molecular flexibility index (Phi) is 8.79. The molecule has 0 radical (unpaired) electrons. The number of hydrogen-bond donors (Lipinski definition) is 0. The molecule has 2 aromatic carbocycles. The van der Waals surface area contributed by atoms with Gasteiger partial charge in [0.1, 0.15) is 5.75 Å². The summed E-state index contributed by atoms with van der Waals surface area (Å²) in [5.41, 5.74) is 3.32. The van der Waals surface area contributed by atoms with E-state index in [1.165, 1.54) is 75.5 Å². The van der Waals surface area contributed by atoms with Gasteiger partial charge >= 0.3 is 6.36 Å². The third kappa shape index (κ3) is 7.37. The minimum absolute atomic E-state index is 0.185. The van der Waals surface area contributed by atoms with Crippen molar-refractivity contribution in [2.75, 3.05) is 0 Å². The molecule has 1 saturated carbocycles. The van der Waals surface area contributed by atoms with Crippen LogP contribution in [0.15, 0.2) is 48.5 Å². The van der Waals surface area contributed by atoms with E-state index in [1.807, 2.05) is 0 Å². The van der Waals surface area contributed by atoms with E-state index >= 15 is 0 Å². The van der Waals surface area contributed by atoms with E-state index in [-0.39, 0.29) is 14.5 Å². The van der Waals surface area contributed by atoms with Crippen LogP contribution in [-0.2, 0) is 0 Å². The Bertz CT molecular complexity index is 862. The Morgan fingerprint density at radius 2 is 1.29 bits per heavy atom. The van der Waals surface area contributed by atoms with Crippen molar-refractivity contribution in [2.24, 2.45) is 11.8 Å². The van der Waals surface area contributed by atoms with Crippen LogP contribution in [0.5, 0.6) is 5.75 Å². The molecule has 5 heteroatoms. The van der Waals surface area contributed by atoms with Gasteiger partial charge in [-0.25, -0.2) is 0 Å². The lowest BCUT2D eigenvalue weighted by Crippen LogP contribution is -2.22. The molecule has 1 nitrogen and oxygen atoms in total. The quantitative estimate of drug-likeness (QED) is 0.336. The van der Waals surface area contributed by atoms with E-state index in [2.05, 4.69) is 35.9 Å². The summed E-state index contributed by atoms with van der Waals surface area (Å²) in [6.07, 6.45) is 7.97. The summed E-state index contributed by atoms with van der Waals surface area (Å²) in [5.74, 6) is 2.39. The van der Waals surface area contributed by atoms with Crippen LogP contribution in [0.4, 0.5) is 13.2 Å². The second-order valence-electron chi connectivity index (χ2n) is 10.7. The normalized spacial score (nSPS) is 25.8. The predicted octanol–water partition coefficient (Wildman–Crippen LogP) is 9.35. The number of halogens is 3. The largest absolute Gasteiger partial charge is 0.573 e.